The largest absolute Gasteiger partial charge is 0.363 e. The van der Waals surface area contributed by atoms with Crippen molar-refractivity contribution in [2.75, 3.05) is 5.32 Å². The topological polar surface area (TPSA) is 69.4 Å². The third-order valence-electron chi connectivity index (χ3n) is 3.60. The second-order valence-electron chi connectivity index (χ2n) is 5.28. The number of halogens is 1. The van der Waals surface area contributed by atoms with Gasteiger partial charge in [0.15, 0.2) is 0 Å². The average molecular weight is 339 g/mol. The van der Waals surface area contributed by atoms with Gasteiger partial charge in [-0.25, -0.2) is 4.39 Å². The molecular formula is C17H14FN5S. The monoisotopic (exact) mass is 339 g/mol. The van der Waals surface area contributed by atoms with Gasteiger partial charge in [-0.2, -0.15) is 10.2 Å². The molecule has 4 rings (SSSR count). The minimum absolute atomic E-state index is 0.250. The van der Waals surface area contributed by atoms with Crippen molar-refractivity contribution in [2.45, 2.75) is 6.54 Å². The quantitative estimate of drug-likeness (QED) is 0.508. The van der Waals surface area contributed by atoms with E-state index in [0.29, 0.717) is 6.54 Å². The summed E-state index contributed by atoms with van der Waals surface area (Å²) in [5.41, 5.74) is 3.60. The van der Waals surface area contributed by atoms with Crippen LogP contribution in [0.1, 0.15) is 5.69 Å². The molecule has 120 valence electrons. The molecule has 0 aliphatic carbocycles. The van der Waals surface area contributed by atoms with Gasteiger partial charge in [-0.15, -0.1) is 11.3 Å². The zero-order chi connectivity index (χ0) is 16.4. The third kappa shape index (κ3) is 3.07. The number of aromatic amines is 2. The van der Waals surface area contributed by atoms with Crippen molar-refractivity contribution in [1.82, 2.24) is 20.4 Å². The van der Waals surface area contributed by atoms with Gasteiger partial charge in [0.2, 0.25) is 0 Å². The molecule has 0 saturated heterocycles. The zero-order valence-electron chi connectivity index (χ0n) is 12.6. The van der Waals surface area contributed by atoms with Gasteiger partial charge in [0.05, 0.1) is 28.5 Å². The van der Waals surface area contributed by atoms with Crippen LogP contribution in [0.4, 0.5) is 10.2 Å². The first-order valence-electron chi connectivity index (χ1n) is 7.41. The fraction of sp³-hybridized carbons (Fsp3) is 0.0588. The van der Waals surface area contributed by atoms with Gasteiger partial charge in [0.25, 0.3) is 0 Å². The highest BCUT2D eigenvalue weighted by Gasteiger charge is 2.07. The van der Waals surface area contributed by atoms with Gasteiger partial charge < -0.3 is 5.32 Å². The van der Waals surface area contributed by atoms with Gasteiger partial charge in [0, 0.05) is 6.07 Å². The third-order valence-corrected chi connectivity index (χ3v) is 4.50. The first kappa shape index (κ1) is 14.6. The maximum Gasteiger partial charge on any atom is 0.148 e. The van der Waals surface area contributed by atoms with Crippen molar-refractivity contribution in [1.29, 1.82) is 0 Å². The molecule has 0 atom stereocenters. The number of hydrogen-bond donors (Lipinski definition) is 3. The molecule has 3 heterocycles. The number of hydrogen-bond acceptors (Lipinski definition) is 4. The lowest BCUT2D eigenvalue weighted by molar-refractivity contribution is 0.628. The van der Waals surface area contributed by atoms with Crippen LogP contribution in [0.25, 0.3) is 21.8 Å². The van der Waals surface area contributed by atoms with E-state index in [9.17, 15) is 4.39 Å². The summed E-state index contributed by atoms with van der Waals surface area (Å²) >= 11 is 1.66. The van der Waals surface area contributed by atoms with Crippen LogP contribution in [0.5, 0.6) is 0 Å². The van der Waals surface area contributed by atoms with Gasteiger partial charge >= 0.3 is 0 Å². The smallest absolute Gasteiger partial charge is 0.148 e. The van der Waals surface area contributed by atoms with Crippen LogP contribution in [-0.2, 0) is 6.54 Å². The summed E-state index contributed by atoms with van der Waals surface area (Å²) in [7, 11) is 0. The maximum absolute atomic E-state index is 13.0. The van der Waals surface area contributed by atoms with E-state index < -0.39 is 0 Å². The molecule has 24 heavy (non-hydrogen) atoms. The van der Waals surface area contributed by atoms with Crippen molar-refractivity contribution >= 4 is 17.2 Å². The predicted octanol–water partition coefficient (Wildman–Crippen LogP) is 4.28. The molecule has 0 saturated carbocycles. The van der Waals surface area contributed by atoms with Gasteiger partial charge in [-0.3, -0.25) is 10.2 Å². The Morgan fingerprint density at radius 2 is 1.83 bits per heavy atom. The lowest BCUT2D eigenvalue weighted by Crippen LogP contribution is -1.99. The number of aromatic nitrogens is 4. The predicted molar refractivity (Wildman–Crippen MR) is 93.2 cm³/mol. The van der Waals surface area contributed by atoms with E-state index in [1.165, 1.54) is 12.1 Å². The molecule has 3 N–H and O–H groups in total. The number of nitrogens with one attached hydrogen (secondary N) is 3. The van der Waals surface area contributed by atoms with Crippen molar-refractivity contribution in [3.05, 3.63) is 65.4 Å². The second kappa shape index (κ2) is 6.29. The molecule has 0 bridgehead atoms. The Kier molecular flexibility index (Phi) is 3.84. The Bertz CT molecular complexity index is 924. The second-order valence-corrected chi connectivity index (χ2v) is 6.23. The van der Waals surface area contributed by atoms with Gasteiger partial charge in [0.1, 0.15) is 11.6 Å². The van der Waals surface area contributed by atoms with Crippen LogP contribution in [-0.4, -0.2) is 20.4 Å². The number of thiophene rings is 1. The Morgan fingerprint density at radius 3 is 2.62 bits per heavy atom. The van der Waals surface area contributed by atoms with Gasteiger partial charge in [-0.05, 0) is 47.3 Å². The van der Waals surface area contributed by atoms with E-state index in [2.05, 4.69) is 25.7 Å². The van der Waals surface area contributed by atoms with E-state index in [-0.39, 0.29) is 5.82 Å². The summed E-state index contributed by atoms with van der Waals surface area (Å²) in [4.78, 5) is 1.15. The Morgan fingerprint density at radius 1 is 1.00 bits per heavy atom. The van der Waals surface area contributed by atoms with Crippen LogP contribution >= 0.6 is 11.3 Å². The summed E-state index contributed by atoms with van der Waals surface area (Å²) < 4.78 is 13.0. The summed E-state index contributed by atoms with van der Waals surface area (Å²) in [5, 5.41) is 19.8. The number of H-pyrrole nitrogens is 2. The van der Waals surface area contributed by atoms with Crippen molar-refractivity contribution < 1.29 is 4.39 Å². The van der Waals surface area contributed by atoms with E-state index in [0.717, 1.165) is 33.3 Å². The zero-order valence-corrected chi connectivity index (χ0v) is 13.4. The van der Waals surface area contributed by atoms with Crippen LogP contribution in [0, 0.1) is 5.82 Å². The molecule has 0 radical (unpaired) electrons. The van der Waals surface area contributed by atoms with Crippen LogP contribution < -0.4 is 5.32 Å². The molecule has 7 heteroatoms. The number of nitrogens with zero attached hydrogens (tertiary/aromatic N) is 2. The Hall–Kier alpha value is -2.93. The minimum Gasteiger partial charge on any atom is -0.363 e. The summed E-state index contributed by atoms with van der Waals surface area (Å²) in [5.74, 6) is 0.518. The number of anilines is 1. The molecule has 0 aliphatic heterocycles. The lowest BCUT2D eigenvalue weighted by Gasteiger charge is -1.98. The molecule has 0 aliphatic rings. The van der Waals surface area contributed by atoms with Crippen molar-refractivity contribution in [2.24, 2.45) is 0 Å². The standard InChI is InChI=1S/C17H14FN5S/c18-12-5-3-11(4-6-12)14-8-13(20-21-14)10-19-17-9-15(22-23-17)16-2-1-7-24-16/h1-9H,10H2,(H,20,21)(H2,19,22,23). The van der Waals surface area contributed by atoms with Gasteiger partial charge in [-0.1, -0.05) is 6.07 Å². The van der Waals surface area contributed by atoms with E-state index in [1.54, 1.807) is 23.5 Å². The molecule has 1 aromatic carbocycles. The highest BCUT2D eigenvalue weighted by Crippen LogP contribution is 2.24. The summed E-state index contributed by atoms with van der Waals surface area (Å²) in [6.07, 6.45) is 0. The van der Waals surface area contributed by atoms with E-state index in [4.69, 9.17) is 0 Å². The van der Waals surface area contributed by atoms with E-state index in [1.807, 2.05) is 29.6 Å². The number of rotatable bonds is 5. The van der Waals surface area contributed by atoms with Crippen molar-refractivity contribution in [3.63, 3.8) is 0 Å². The Balaban J connectivity index is 1.42. The molecular weight excluding hydrogens is 325 g/mol. The Labute approximate surface area is 141 Å². The molecule has 5 nitrogen and oxygen atoms in total. The molecule has 0 fully saturated rings. The highest BCUT2D eigenvalue weighted by atomic mass is 32.1. The normalized spacial score (nSPS) is 10.9. The maximum atomic E-state index is 13.0. The van der Waals surface area contributed by atoms with E-state index >= 15 is 0 Å². The van der Waals surface area contributed by atoms with Crippen LogP contribution in [0.2, 0.25) is 0 Å². The minimum atomic E-state index is -0.250. The fourth-order valence-electron chi connectivity index (χ4n) is 2.38. The summed E-state index contributed by atoms with van der Waals surface area (Å²) in [6, 6.07) is 14.3. The molecule has 0 unspecified atom stereocenters. The van der Waals surface area contributed by atoms with Crippen LogP contribution in [0.3, 0.4) is 0 Å². The lowest BCUT2D eigenvalue weighted by atomic mass is 10.1. The summed E-state index contributed by atoms with van der Waals surface area (Å²) in [6.45, 7) is 0.548. The van der Waals surface area contributed by atoms with Crippen molar-refractivity contribution in [3.8, 4) is 21.8 Å². The fourth-order valence-corrected chi connectivity index (χ4v) is 3.07. The molecule has 0 spiro atoms. The number of benzene rings is 1. The SMILES string of the molecule is Fc1ccc(-c2cc(CNc3cc(-c4cccs4)[nH]n3)n[nH]2)cc1. The molecule has 0 amide bonds. The average Bonchev–Trinajstić information content (AvgIpc) is 3.34. The van der Waals surface area contributed by atoms with Crippen LogP contribution in [0.15, 0.2) is 53.9 Å². The highest BCUT2D eigenvalue weighted by molar-refractivity contribution is 7.13. The first-order valence-corrected chi connectivity index (χ1v) is 8.29. The molecule has 4 aromatic rings. The molecule has 3 aromatic heterocycles. The first-order chi connectivity index (χ1) is 11.8.